The van der Waals surface area contributed by atoms with E-state index in [1.165, 1.54) is 48.5 Å². The highest BCUT2D eigenvalue weighted by Gasteiger charge is 2.18. The molecular formula is C19H15N3O5S. The Morgan fingerprint density at radius 1 is 0.857 bits per heavy atom. The molecule has 3 aromatic rings. The van der Waals surface area contributed by atoms with Gasteiger partial charge in [0.1, 0.15) is 0 Å². The number of anilines is 2. The second-order valence-electron chi connectivity index (χ2n) is 5.72. The molecule has 0 spiro atoms. The molecule has 0 bridgehead atoms. The van der Waals surface area contributed by atoms with E-state index in [9.17, 15) is 23.3 Å². The summed E-state index contributed by atoms with van der Waals surface area (Å²) in [7, 11) is -3.86. The van der Waals surface area contributed by atoms with Gasteiger partial charge in [-0.1, -0.05) is 30.3 Å². The summed E-state index contributed by atoms with van der Waals surface area (Å²) in [5, 5.41) is 13.3. The van der Waals surface area contributed by atoms with Gasteiger partial charge in [-0.3, -0.25) is 19.6 Å². The van der Waals surface area contributed by atoms with Crippen molar-refractivity contribution < 1.29 is 18.1 Å². The number of sulfonamides is 1. The van der Waals surface area contributed by atoms with Crippen LogP contribution >= 0.6 is 0 Å². The molecule has 0 saturated carbocycles. The van der Waals surface area contributed by atoms with Gasteiger partial charge in [0.2, 0.25) is 0 Å². The average Bonchev–Trinajstić information content (AvgIpc) is 2.69. The molecule has 0 heterocycles. The molecule has 28 heavy (non-hydrogen) atoms. The summed E-state index contributed by atoms with van der Waals surface area (Å²) >= 11 is 0. The lowest BCUT2D eigenvalue weighted by Gasteiger charge is -2.13. The van der Waals surface area contributed by atoms with Crippen LogP contribution in [0.25, 0.3) is 0 Å². The highest BCUT2D eigenvalue weighted by atomic mass is 32.2. The molecule has 0 unspecified atom stereocenters. The summed E-state index contributed by atoms with van der Waals surface area (Å²) in [6, 6.07) is 19.3. The Kier molecular flexibility index (Phi) is 5.37. The van der Waals surface area contributed by atoms with E-state index in [0.717, 1.165) is 0 Å². The first-order valence-corrected chi connectivity index (χ1v) is 9.58. The topological polar surface area (TPSA) is 118 Å². The third-order valence-corrected chi connectivity index (χ3v) is 5.19. The first-order valence-electron chi connectivity index (χ1n) is 8.09. The summed E-state index contributed by atoms with van der Waals surface area (Å²) in [6.07, 6.45) is 0. The van der Waals surface area contributed by atoms with Crippen molar-refractivity contribution in [3.63, 3.8) is 0 Å². The maximum absolute atomic E-state index is 12.6. The van der Waals surface area contributed by atoms with Crippen molar-refractivity contribution in [3.05, 3.63) is 94.5 Å². The van der Waals surface area contributed by atoms with Gasteiger partial charge in [-0.15, -0.1) is 0 Å². The van der Waals surface area contributed by atoms with E-state index in [1.54, 1.807) is 30.3 Å². The summed E-state index contributed by atoms with van der Waals surface area (Å²) in [6.45, 7) is 0. The molecule has 3 aromatic carbocycles. The number of nitro groups is 1. The van der Waals surface area contributed by atoms with Crippen LogP contribution < -0.4 is 10.0 Å². The maximum atomic E-state index is 12.6. The second-order valence-corrected chi connectivity index (χ2v) is 7.40. The van der Waals surface area contributed by atoms with Crippen LogP contribution in [0.1, 0.15) is 10.4 Å². The maximum Gasteiger partial charge on any atom is 0.269 e. The lowest BCUT2D eigenvalue weighted by Crippen LogP contribution is -2.18. The standard InChI is InChI=1S/C19H15N3O5S/c23-19(20-14-10-12-15(13-11-14)22(24)25)17-8-4-5-9-18(17)21-28(26,27)16-6-2-1-3-7-16/h1-13,21H,(H,20,23). The van der Waals surface area contributed by atoms with E-state index in [2.05, 4.69) is 10.0 Å². The van der Waals surface area contributed by atoms with Crippen LogP contribution in [-0.2, 0) is 10.0 Å². The zero-order chi connectivity index (χ0) is 20.1. The summed E-state index contributed by atoms with van der Waals surface area (Å²) in [5.41, 5.74) is 0.469. The Hall–Kier alpha value is -3.72. The number of nitrogens with zero attached hydrogens (tertiary/aromatic N) is 1. The van der Waals surface area contributed by atoms with Gasteiger partial charge in [0.05, 0.1) is 21.1 Å². The van der Waals surface area contributed by atoms with Gasteiger partial charge >= 0.3 is 0 Å². The van der Waals surface area contributed by atoms with E-state index in [0.29, 0.717) is 5.69 Å². The van der Waals surface area contributed by atoms with E-state index in [-0.39, 0.29) is 21.8 Å². The zero-order valence-electron chi connectivity index (χ0n) is 14.4. The Labute approximate surface area is 161 Å². The van der Waals surface area contributed by atoms with Gasteiger partial charge < -0.3 is 5.32 Å². The average molecular weight is 397 g/mol. The molecule has 0 aliphatic carbocycles. The van der Waals surface area contributed by atoms with Gasteiger partial charge in [0, 0.05) is 17.8 Å². The fourth-order valence-corrected chi connectivity index (χ4v) is 3.54. The van der Waals surface area contributed by atoms with Crippen molar-refractivity contribution in [2.75, 3.05) is 10.0 Å². The zero-order valence-corrected chi connectivity index (χ0v) is 15.2. The minimum atomic E-state index is -3.86. The molecule has 142 valence electrons. The molecule has 3 rings (SSSR count). The number of carbonyl (C=O) groups excluding carboxylic acids is 1. The fourth-order valence-electron chi connectivity index (χ4n) is 2.44. The normalized spacial score (nSPS) is 10.9. The van der Waals surface area contributed by atoms with Gasteiger partial charge in [-0.2, -0.15) is 0 Å². The molecule has 2 N–H and O–H groups in total. The molecule has 0 radical (unpaired) electrons. The predicted molar refractivity (Wildman–Crippen MR) is 105 cm³/mol. The molecule has 0 aliphatic heterocycles. The largest absolute Gasteiger partial charge is 0.322 e. The van der Waals surface area contributed by atoms with Crippen LogP contribution in [0.15, 0.2) is 83.8 Å². The molecular weight excluding hydrogens is 382 g/mol. The molecule has 0 saturated heterocycles. The number of non-ortho nitro benzene ring substituents is 1. The van der Waals surface area contributed by atoms with Crippen LogP contribution in [0, 0.1) is 10.1 Å². The van der Waals surface area contributed by atoms with Crippen molar-refractivity contribution in [2.45, 2.75) is 4.90 Å². The Morgan fingerprint density at radius 2 is 1.46 bits per heavy atom. The number of hydrogen-bond acceptors (Lipinski definition) is 5. The lowest BCUT2D eigenvalue weighted by molar-refractivity contribution is -0.384. The minimum Gasteiger partial charge on any atom is -0.322 e. The van der Waals surface area contributed by atoms with Crippen LogP contribution in [-0.4, -0.2) is 19.2 Å². The van der Waals surface area contributed by atoms with E-state index < -0.39 is 20.9 Å². The molecule has 1 amide bonds. The van der Waals surface area contributed by atoms with Crippen LogP contribution in [0.3, 0.4) is 0 Å². The number of benzene rings is 3. The number of carbonyl (C=O) groups is 1. The van der Waals surface area contributed by atoms with Gasteiger partial charge in [0.25, 0.3) is 21.6 Å². The first-order chi connectivity index (χ1) is 13.4. The monoisotopic (exact) mass is 397 g/mol. The smallest absolute Gasteiger partial charge is 0.269 e. The number of para-hydroxylation sites is 1. The Bertz CT molecular complexity index is 1110. The summed E-state index contributed by atoms with van der Waals surface area (Å²) < 4.78 is 27.5. The molecule has 0 aromatic heterocycles. The highest BCUT2D eigenvalue weighted by Crippen LogP contribution is 2.22. The van der Waals surface area contributed by atoms with Crippen molar-refractivity contribution >= 4 is 33.0 Å². The highest BCUT2D eigenvalue weighted by molar-refractivity contribution is 7.92. The first kappa shape index (κ1) is 19.1. The quantitative estimate of drug-likeness (QED) is 0.486. The molecule has 0 fully saturated rings. The number of amides is 1. The summed E-state index contributed by atoms with van der Waals surface area (Å²) in [4.78, 5) is 22.8. The van der Waals surface area contributed by atoms with Crippen LogP contribution in [0.5, 0.6) is 0 Å². The van der Waals surface area contributed by atoms with E-state index in [1.807, 2.05) is 0 Å². The number of nitro benzene ring substituents is 1. The molecule has 9 heteroatoms. The SMILES string of the molecule is O=C(Nc1ccc([N+](=O)[O-])cc1)c1ccccc1NS(=O)(=O)c1ccccc1. The summed E-state index contributed by atoms with van der Waals surface area (Å²) in [5.74, 6) is -0.555. The van der Waals surface area contributed by atoms with E-state index >= 15 is 0 Å². The van der Waals surface area contributed by atoms with Crippen molar-refractivity contribution in [1.82, 2.24) is 0 Å². The van der Waals surface area contributed by atoms with Crippen LogP contribution in [0.2, 0.25) is 0 Å². The van der Waals surface area contributed by atoms with Gasteiger partial charge in [-0.05, 0) is 36.4 Å². The Balaban J connectivity index is 1.83. The number of hydrogen-bond donors (Lipinski definition) is 2. The number of nitrogens with one attached hydrogen (secondary N) is 2. The van der Waals surface area contributed by atoms with Gasteiger partial charge in [0.15, 0.2) is 0 Å². The van der Waals surface area contributed by atoms with Crippen LogP contribution in [0.4, 0.5) is 17.1 Å². The third-order valence-electron chi connectivity index (χ3n) is 3.81. The lowest BCUT2D eigenvalue weighted by atomic mass is 10.1. The van der Waals surface area contributed by atoms with Crippen molar-refractivity contribution in [1.29, 1.82) is 0 Å². The Morgan fingerprint density at radius 3 is 2.11 bits per heavy atom. The molecule has 0 atom stereocenters. The van der Waals surface area contributed by atoms with Gasteiger partial charge in [-0.25, -0.2) is 8.42 Å². The fraction of sp³-hybridized carbons (Fsp3) is 0. The minimum absolute atomic E-state index is 0.0700. The van der Waals surface area contributed by atoms with Crippen molar-refractivity contribution in [2.24, 2.45) is 0 Å². The van der Waals surface area contributed by atoms with Crippen molar-refractivity contribution in [3.8, 4) is 0 Å². The number of rotatable bonds is 6. The second kappa shape index (κ2) is 7.89. The molecule has 0 aliphatic rings. The third kappa shape index (κ3) is 4.33. The molecule has 8 nitrogen and oxygen atoms in total. The van der Waals surface area contributed by atoms with E-state index in [4.69, 9.17) is 0 Å². The predicted octanol–water partition coefficient (Wildman–Crippen LogP) is 3.65.